The highest BCUT2D eigenvalue weighted by Gasteiger charge is 2.42. The largest absolute Gasteiger partial charge is 0.355 e. The number of hydrogen-bond donors (Lipinski definition) is 2. The first kappa shape index (κ1) is 21.4. The van der Waals surface area contributed by atoms with Crippen LogP contribution in [-0.2, 0) is 4.79 Å². The predicted octanol–water partition coefficient (Wildman–Crippen LogP) is 2.15. The van der Waals surface area contributed by atoms with Crippen molar-refractivity contribution in [1.29, 1.82) is 0 Å². The molecule has 0 radical (unpaired) electrons. The van der Waals surface area contributed by atoms with Gasteiger partial charge in [0.1, 0.15) is 0 Å². The van der Waals surface area contributed by atoms with E-state index in [0.717, 1.165) is 45.0 Å². The van der Waals surface area contributed by atoms with E-state index in [4.69, 9.17) is 0 Å². The Morgan fingerprint density at radius 3 is 2.92 bits per heavy atom. The van der Waals surface area contributed by atoms with E-state index in [1.807, 2.05) is 7.05 Å². The number of halogens is 1. The molecule has 1 spiro atoms. The summed E-state index contributed by atoms with van der Waals surface area (Å²) in [6.45, 7) is 3.52. The van der Waals surface area contributed by atoms with Crippen LogP contribution < -0.4 is 10.6 Å². The number of nitrogens with zero attached hydrogens (tertiary/aromatic N) is 3. The summed E-state index contributed by atoms with van der Waals surface area (Å²) in [4.78, 5) is 20.8. The fourth-order valence-corrected chi connectivity index (χ4v) is 4.72. The first-order valence-corrected chi connectivity index (χ1v) is 9.88. The summed E-state index contributed by atoms with van der Waals surface area (Å²) in [6, 6.07) is 2.50. The van der Waals surface area contributed by atoms with E-state index in [1.54, 1.807) is 11.3 Å². The molecule has 1 aromatic heterocycles. The number of likely N-dealkylation sites (N-methyl/N-ethyl adjacent to an activating group) is 1. The highest BCUT2D eigenvalue weighted by atomic mass is 127. The van der Waals surface area contributed by atoms with Crippen molar-refractivity contribution < 1.29 is 4.79 Å². The Morgan fingerprint density at radius 1 is 1.54 bits per heavy atom. The van der Waals surface area contributed by atoms with Gasteiger partial charge in [0.15, 0.2) is 5.96 Å². The van der Waals surface area contributed by atoms with Crippen LogP contribution in [0.1, 0.15) is 30.9 Å². The number of hydrogen-bond acceptors (Lipinski definition) is 4. The molecule has 3 heterocycles. The first-order valence-electron chi connectivity index (χ1n) is 8.94. The van der Waals surface area contributed by atoms with E-state index in [9.17, 15) is 4.79 Å². The fraction of sp³-hybridized carbons (Fsp3) is 0.667. The average Bonchev–Trinajstić information content (AvgIpc) is 3.22. The lowest BCUT2D eigenvalue weighted by atomic mass is 9.79. The SMILES string of the molecule is CN=C(NCC(c1ccsc1)N(C)C)N1CCCC2(CNC(=O)C2)C1.I. The van der Waals surface area contributed by atoms with Crippen molar-refractivity contribution in [3.8, 4) is 0 Å². The van der Waals surface area contributed by atoms with Crippen LogP contribution in [0, 0.1) is 5.41 Å². The van der Waals surface area contributed by atoms with Gasteiger partial charge in [-0.05, 0) is 49.3 Å². The van der Waals surface area contributed by atoms with Crippen LogP contribution in [0.2, 0.25) is 0 Å². The van der Waals surface area contributed by atoms with Gasteiger partial charge >= 0.3 is 0 Å². The number of aliphatic imine (C=N–C) groups is 1. The molecule has 146 valence electrons. The second kappa shape index (κ2) is 9.36. The zero-order valence-corrected chi connectivity index (χ0v) is 19.0. The Morgan fingerprint density at radius 2 is 2.35 bits per heavy atom. The van der Waals surface area contributed by atoms with Gasteiger partial charge in [0, 0.05) is 45.1 Å². The molecule has 2 fully saturated rings. The zero-order valence-electron chi connectivity index (χ0n) is 15.8. The predicted molar refractivity (Wildman–Crippen MR) is 118 cm³/mol. The molecular formula is C18H30IN5OS. The lowest BCUT2D eigenvalue weighted by Crippen LogP contribution is -2.52. The number of rotatable bonds is 4. The Bertz CT molecular complexity index is 621. The van der Waals surface area contributed by atoms with Crippen molar-refractivity contribution in [3.05, 3.63) is 22.4 Å². The molecule has 2 aliphatic rings. The number of guanidine groups is 1. The minimum absolute atomic E-state index is 0. The van der Waals surface area contributed by atoms with Gasteiger partial charge in [-0.2, -0.15) is 11.3 Å². The van der Waals surface area contributed by atoms with Crippen molar-refractivity contribution in [1.82, 2.24) is 20.4 Å². The van der Waals surface area contributed by atoms with E-state index < -0.39 is 0 Å². The van der Waals surface area contributed by atoms with E-state index in [-0.39, 0.29) is 35.3 Å². The van der Waals surface area contributed by atoms with Gasteiger partial charge in [-0.1, -0.05) is 0 Å². The third-order valence-corrected chi connectivity index (χ3v) is 6.08. The van der Waals surface area contributed by atoms with E-state index >= 15 is 0 Å². The van der Waals surface area contributed by atoms with E-state index in [2.05, 4.69) is 56.3 Å². The second-order valence-electron chi connectivity index (χ2n) is 7.44. The van der Waals surface area contributed by atoms with Crippen LogP contribution >= 0.6 is 35.3 Å². The molecule has 26 heavy (non-hydrogen) atoms. The molecule has 8 heteroatoms. The molecule has 2 aliphatic heterocycles. The van der Waals surface area contributed by atoms with Crippen LogP contribution in [0.25, 0.3) is 0 Å². The average molecular weight is 491 g/mol. The molecule has 0 aliphatic carbocycles. The first-order chi connectivity index (χ1) is 12.0. The molecule has 3 rings (SSSR count). The number of carbonyl (C=O) groups is 1. The summed E-state index contributed by atoms with van der Waals surface area (Å²) in [5, 5.41) is 10.9. The van der Waals surface area contributed by atoms with Gasteiger partial charge in [-0.25, -0.2) is 0 Å². The molecular weight excluding hydrogens is 461 g/mol. The summed E-state index contributed by atoms with van der Waals surface area (Å²) in [5.41, 5.74) is 1.42. The highest BCUT2D eigenvalue weighted by Crippen LogP contribution is 2.36. The topological polar surface area (TPSA) is 60.0 Å². The minimum Gasteiger partial charge on any atom is -0.355 e. The maximum atomic E-state index is 11.7. The third kappa shape index (κ3) is 4.89. The van der Waals surface area contributed by atoms with Crippen LogP contribution in [0.3, 0.4) is 0 Å². The molecule has 2 N–H and O–H groups in total. The lowest BCUT2D eigenvalue weighted by Gasteiger charge is -2.41. The molecule has 1 amide bonds. The maximum Gasteiger partial charge on any atom is 0.220 e. The Hall–Kier alpha value is -0.870. The van der Waals surface area contributed by atoms with E-state index in [1.165, 1.54) is 5.56 Å². The number of carbonyl (C=O) groups excluding carboxylic acids is 1. The molecule has 0 saturated carbocycles. The van der Waals surface area contributed by atoms with Crippen molar-refractivity contribution in [2.45, 2.75) is 25.3 Å². The normalized spacial score (nSPS) is 24.5. The van der Waals surface area contributed by atoms with Gasteiger partial charge in [-0.15, -0.1) is 24.0 Å². The molecule has 6 nitrogen and oxygen atoms in total. The highest BCUT2D eigenvalue weighted by molar-refractivity contribution is 14.0. The van der Waals surface area contributed by atoms with Gasteiger partial charge in [0.05, 0.1) is 6.04 Å². The molecule has 2 saturated heterocycles. The molecule has 2 unspecified atom stereocenters. The summed E-state index contributed by atoms with van der Waals surface area (Å²) in [6.07, 6.45) is 2.88. The number of amides is 1. The van der Waals surface area contributed by atoms with Crippen molar-refractivity contribution in [2.24, 2.45) is 10.4 Å². The van der Waals surface area contributed by atoms with Gasteiger partial charge in [0.2, 0.25) is 5.91 Å². The smallest absolute Gasteiger partial charge is 0.220 e. The summed E-state index contributed by atoms with van der Waals surface area (Å²) in [5.74, 6) is 1.13. The Kier molecular flexibility index (Phi) is 7.72. The van der Waals surface area contributed by atoms with Crippen LogP contribution in [0.5, 0.6) is 0 Å². The number of thiophene rings is 1. The number of nitrogens with one attached hydrogen (secondary N) is 2. The van der Waals surface area contributed by atoms with Gasteiger partial charge in [-0.3, -0.25) is 9.79 Å². The number of likely N-dealkylation sites (tertiary alicyclic amines) is 1. The zero-order chi connectivity index (χ0) is 17.9. The van der Waals surface area contributed by atoms with Crippen molar-refractivity contribution >= 4 is 47.2 Å². The summed E-state index contributed by atoms with van der Waals surface area (Å²) in [7, 11) is 6.06. The standard InChI is InChI=1S/C18H29N5OS.HI/c1-19-17(20-10-15(22(2)3)14-5-8-25-11-14)23-7-4-6-18(13-23)9-16(24)21-12-18;/h5,8,11,15H,4,6-7,9-10,12-13H2,1-3H3,(H,19,20)(H,21,24);1H. The Balaban J connectivity index is 0.00000243. The van der Waals surface area contributed by atoms with Gasteiger partial charge < -0.3 is 20.4 Å². The molecule has 0 aromatic carbocycles. The third-order valence-electron chi connectivity index (χ3n) is 5.37. The van der Waals surface area contributed by atoms with Crippen molar-refractivity contribution in [3.63, 3.8) is 0 Å². The molecule has 0 bridgehead atoms. The van der Waals surface area contributed by atoms with Crippen LogP contribution in [-0.4, -0.2) is 69.0 Å². The minimum atomic E-state index is 0. The lowest BCUT2D eigenvalue weighted by molar-refractivity contribution is -0.119. The maximum absolute atomic E-state index is 11.7. The molecule has 2 atom stereocenters. The second-order valence-corrected chi connectivity index (χ2v) is 8.22. The van der Waals surface area contributed by atoms with E-state index in [0.29, 0.717) is 12.5 Å². The summed E-state index contributed by atoms with van der Waals surface area (Å²) < 4.78 is 0. The van der Waals surface area contributed by atoms with Crippen LogP contribution in [0.15, 0.2) is 21.8 Å². The van der Waals surface area contributed by atoms with Crippen molar-refractivity contribution in [2.75, 3.05) is 47.3 Å². The number of piperidine rings is 1. The Labute approximate surface area is 177 Å². The summed E-state index contributed by atoms with van der Waals surface area (Å²) >= 11 is 1.73. The van der Waals surface area contributed by atoms with Crippen LogP contribution in [0.4, 0.5) is 0 Å². The van der Waals surface area contributed by atoms with Gasteiger partial charge in [0.25, 0.3) is 0 Å². The quantitative estimate of drug-likeness (QED) is 0.385. The fourth-order valence-electron chi connectivity index (χ4n) is 4.01. The molecule has 1 aromatic rings. The monoisotopic (exact) mass is 491 g/mol.